The number of hydroxylamine groups is 2. The van der Waals surface area contributed by atoms with E-state index in [2.05, 4.69) is 11.9 Å². The summed E-state index contributed by atoms with van der Waals surface area (Å²) in [6.07, 6.45) is 1.72. The monoisotopic (exact) mass is 347 g/mol. The minimum absolute atomic E-state index is 0.105. The van der Waals surface area contributed by atoms with Crippen LogP contribution >= 0.6 is 0 Å². The first kappa shape index (κ1) is 20.4. The fourth-order valence-electron chi connectivity index (χ4n) is 2.76. The van der Waals surface area contributed by atoms with Crippen molar-refractivity contribution in [3.8, 4) is 6.57 Å². The molecule has 8 nitrogen and oxygen atoms in total. The average molecular weight is 347 g/mol. The summed E-state index contributed by atoms with van der Waals surface area (Å²) in [5.41, 5.74) is 5.98. The largest absolute Gasteiger partial charge is 0.369 e. The molecule has 0 aromatic heterocycles. The predicted octanol–water partition coefficient (Wildman–Crippen LogP) is 1.56. The molecule has 2 rings (SSSR count). The van der Waals surface area contributed by atoms with Crippen molar-refractivity contribution in [1.29, 1.82) is 5.26 Å². The molecule has 1 saturated heterocycles. The van der Waals surface area contributed by atoms with Crippen molar-refractivity contribution in [2.45, 2.75) is 25.8 Å². The van der Waals surface area contributed by atoms with Crippen LogP contribution in [0.25, 0.3) is 0 Å². The fourth-order valence-corrected chi connectivity index (χ4v) is 2.76. The number of urea groups is 1. The minimum Gasteiger partial charge on any atom is -0.369 e. The second-order valence-electron chi connectivity index (χ2n) is 5.54. The Bertz CT molecular complexity index is 564. The molecule has 8 heteroatoms. The number of anilines is 1. The number of hydrogen-bond donors (Lipinski definition) is 2. The molecule has 25 heavy (non-hydrogen) atoms. The zero-order valence-electron chi connectivity index (χ0n) is 14.4. The third-order valence-electron chi connectivity index (χ3n) is 3.69. The third kappa shape index (κ3) is 6.79. The van der Waals surface area contributed by atoms with Gasteiger partial charge in [-0.1, -0.05) is 18.2 Å². The molecule has 1 aromatic rings. The van der Waals surface area contributed by atoms with Crippen molar-refractivity contribution in [2.75, 3.05) is 31.6 Å². The quantitative estimate of drug-likeness (QED) is 0.759. The molecule has 1 aliphatic rings. The van der Waals surface area contributed by atoms with Crippen LogP contribution < -0.4 is 11.1 Å². The van der Waals surface area contributed by atoms with Crippen molar-refractivity contribution in [3.05, 3.63) is 30.3 Å². The number of piperidine rings is 1. The molecule has 136 valence electrons. The Kier molecular flexibility index (Phi) is 9.00. The summed E-state index contributed by atoms with van der Waals surface area (Å²) in [7, 11) is 0. The molecule has 1 aromatic carbocycles. The number of hydrogen-bond acceptors (Lipinski definition) is 5. The number of nitrogens with zero attached hydrogens (tertiary/aromatic N) is 3. The SMILES string of the molecule is C#N.CCON(C(=O)Nc1ccccc1)C1CCCN(CC(N)=O)C1. The van der Waals surface area contributed by atoms with Gasteiger partial charge in [0.1, 0.15) is 0 Å². The maximum atomic E-state index is 12.5. The maximum Gasteiger partial charge on any atom is 0.346 e. The molecule has 0 aliphatic carbocycles. The second-order valence-corrected chi connectivity index (χ2v) is 5.54. The molecule has 1 atom stereocenters. The van der Waals surface area contributed by atoms with E-state index in [9.17, 15) is 9.59 Å². The molecule has 0 bridgehead atoms. The van der Waals surface area contributed by atoms with Gasteiger partial charge in [-0.2, -0.15) is 5.06 Å². The van der Waals surface area contributed by atoms with Crippen LogP contribution in [0.5, 0.6) is 0 Å². The van der Waals surface area contributed by atoms with Gasteiger partial charge < -0.3 is 11.1 Å². The van der Waals surface area contributed by atoms with E-state index in [0.717, 1.165) is 19.4 Å². The number of carbonyl (C=O) groups is 2. The van der Waals surface area contributed by atoms with E-state index < -0.39 is 0 Å². The molecule has 0 saturated carbocycles. The average Bonchev–Trinajstić information content (AvgIpc) is 2.62. The van der Waals surface area contributed by atoms with Crippen LogP contribution in [0.15, 0.2) is 30.3 Å². The van der Waals surface area contributed by atoms with E-state index in [-0.39, 0.29) is 24.5 Å². The normalized spacial score (nSPS) is 17.0. The van der Waals surface area contributed by atoms with E-state index in [0.29, 0.717) is 18.8 Å². The number of likely N-dealkylation sites (tertiary alicyclic amines) is 1. The Morgan fingerprint density at radius 3 is 2.68 bits per heavy atom. The highest BCUT2D eigenvalue weighted by atomic mass is 16.7. The summed E-state index contributed by atoms with van der Waals surface area (Å²) in [6.45, 7) is 7.32. The van der Waals surface area contributed by atoms with Gasteiger partial charge in [0.2, 0.25) is 5.91 Å². The first-order valence-corrected chi connectivity index (χ1v) is 8.14. The van der Waals surface area contributed by atoms with Gasteiger partial charge in [0.05, 0.1) is 19.2 Å². The number of rotatable bonds is 6. The fraction of sp³-hybridized carbons (Fsp3) is 0.471. The Balaban J connectivity index is 0.00000151. The van der Waals surface area contributed by atoms with Crippen molar-refractivity contribution in [2.24, 2.45) is 5.73 Å². The van der Waals surface area contributed by atoms with E-state index in [4.69, 9.17) is 15.8 Å². The lowest BCUT2D eigenvalue weighted by molar-refractivity contribution is -0.148. The van der Waals surface area contributed by atoms with Gasteiger partial charge in [0.25, 0.3) is 0 Å². The summed E-state index contributed by atoms with van der Waals surface area (Å²) in [4.78, 5) is 31.1. The lowest BCUT2D eigenvalue weighted by Crippen LogP contribution is -2.52. The van der Waals surface area contributed by atoms with Crippen LogP contribution in [0.1, 0.15) is 19.8 Å². The summed E-state index contributed by atoms with van der Waals surface area (Å²) >= 11 is 0. The van der Waals surface area contributed by atoms with E-state index in [1.165, 1.54) is 5.06 Å². The second kappa shape index (κ2) is 11.0. The van der Waals surface area contributed by atoms with Gasteiger partial charge in [-0.15, -0.1) is 0 Å². The number of benzene rings is 1. The number of nitriles is 1. The van der Waals surface area contributed by atoms with Gasteiger partial charge in [-0.3, -0.25) is 14.5 Å². The highest BCUT2D eigenvalue weighted by Gasteiger charge is 2.30. The third-order valence-corrected chi connectivity index (χ3v) is 3.69. The molecule has 1 unspecified atom stereocenters. The van der Waals surface area contributed by atoms with Crippen LogP contribution in [0, 0.1) is 11.8 Å². The standard InChI is InChI=1S/C16H24N4O3.CHN/c1-2-23-20(16(22)18-13-7-4-3-5-8-13)14-9-6-10-19(11-14)12-15(17)21;1-2/h3-5,7-8,14H,2,6,9-12H2,1H3,(H2,17,21)(H,18,22);1H. The first-order chi connectivity index (χ1) is 12.1. The highest BCUT2D eigenvalue weighted by molar-refractivity contribution is 5.88. The van der Waals surface area contributed by atoms with Gasteiger partial charge in [-0.05, 0) is 38.4 Å². The van der Waals surface area contributed by atoms with E-state index in [1.807, 2.05) is 42.2 Å². The van der Waals surface area contributed by atoms with Crippen molar-refractivity contribution < 1.29 is 14.4 Å². The maximum absolute atomic E-state index is 12.5. The van der Waals surface area contributed by atoms with Gasteiger partial charge in [0, 0.05) is 18.8 Å². The number of nitrogens with one attached hydrogen (secondary N) is 1. The molecule has 1 aliphatic heterocycles. The smallest absolute Gasteiger partial charge is 0.346 e. The Morgan fingerprint density at radius 1 is 1.40 bits per heavy atom. The Labute approximate surface area is 148 Å². The van der Waals surface area contributed by atoms with Crippen LogP contribution in [0.3, 0.4) is 0 Å². The van der Waals surface area contributed by atoms with Gasteiger partial charge >= 0.3 is 6.03 Å². The van der Waals surface area contributed by atoms with E-state index in [1.54, 1.807) is 0 Å². The summed E-state index contributed by atoms with van der Waals surface area (Å²) in [5, 5.41) is 10.7. The lowest BCUT2D eigenvalue weighted by Gasteiger charge is -2.37. The van der Waals surface area contributed by atoms with Gasteiger partial charge in [-0.25, -0.2) is 10.1 Å². The topological polar surface area (TPSA) is 112 Å². The number of nitrogens with two attached hydrogens (primary N) is 1. The zero-order chi connectivity index (χ0) is 18.7. The summed E-state index contributed by atoms with van der Waals surface area (Å²) in [6, 6.07) is 8.84. The number of para-hydroxylation sites is 1. The highest BCUT2D eigenvalue weighted by Crippen LogP contribution is 2.18. The minimum atomic E-state index is -0.359. The first-order valence-electron chi connectivity index (χ1n) is 8.14. The number of carbonyl (C=O) groups excluding carboxylic acids is 2. The molecule has 1 heterocycles. The molecule has 0 radical (unpaired) electrons. The molecule has 3 amide bonds. The van der Waals surface area contributed by atoms with Crippen molar-refractivity contribution >= 4 is 17.6 Å². The molecular formula is C17H25N5O3. The zero-order valence-corrected chi connectivity index (χ0v) is 14.4. The van der Waals surface area contributed by atoms with Crippen LogP contribution in [-0.2, 0) is 9.63 Å². The van der Waals surface area contributed by atoms with Crippen LogP contribution in [-0.4, -0.2) is 54.2 Å². The molecule has 1 fully saturated rings. The summed E-state index contributed by atoms with van der Waals surface area (Å²) < 4.78 is 0. The number of amides is 3. The lowest BCUT2D eigenvalue weighted by atomic mass is 10.1. The van der Waals surface area contributed by atoms with E-state index >= 15 is 0 Å². The number of primary amides is 1. The molecule has 0 spiro atoms. The van der Waals surface area contributed by atoms with Crippen molar-refractivity contribution in [3.63, 3.8) is 0 Å². The van der Waals surface area contributed by atoms with Gasteiger partial charge in [0.15, 0.2) is 0 Å². The van der Waals surface area contributed by atoms with Crippen molar-refractivity contribution in [1.82, 2.24) is 9.96 Å². The Morgan fingerprint density at radius 2 is 2.08 bits per heavy atom. The van der Waals surface area contributed by atoms with Crippen LogP contribution in [0.4, 0.5) is 10.5 Å². The van der Waals surface area contributed by atoms with Crippen LogP contribution in [0.2, 0.25) is 0 Å². The molecular weight excluding hydrogens is 322 g/mol. The molecule has 3 N–H and O–H groups in total. The predicted molar refractivity (Wildman–Crippen MR) is 94.3 cm³/mol. The Hall–Kier alpha value is -2.63. The summed E-state index contributed by atoms with van der Waals surface area (Å²) in [5.74, 6) is -0.359.